The summed E-state index contributed by atoms with van der Waals surface area (Å²) in [5.74, 6) is -0.858. The lowest BCUT2D eigenvalue weighted by Crippen LogP contribution is -2.53. The average Bonchev–Trinajstić information content (AvgIpc) is 2.56. The number of nitrogens with one attached hydrogen (secondary N) is 1. The van der Waals surface area contributed by atoms with Crippen molar-refractivity contribution in [1.82, 2.24) is 4.90 Å². The van der Waals surface area contributed by atoms with Gasteiger partial charge in [-0.2, -0.15) is 0 Å². The number of nitrogens with zero attached hydrogens (tertiary/aromatic N) is 1. The summed E-state index contributed by atoms with van der Waals surface area (Å²) in [6, 6.07) is 5.66. The summed E-state index contributed by atoms with van der Waals surface area (Å²) < 4.78 is 0. The SMILES string of the molecule is CC[C@@H]1S[C@H](CC)C(=O)N(CC(=O)Nc2cccc(C)c2C)C1=O. The first-order valence-corrected chi connectivity index (χ1v) is 9.20. The number of hydrogen-bond acceptors (Lipinski definition) is 4. The maximum absolute atomic E-state index is 12.4. The number of thioether (sulfide) groups is 1. The van der Waals surface area contributed by atoms with E-state index in [2.05, 4.69) is 5.32 Å². The standard InChI is InChI=1S/C18H24N2O3S/c1-5-14-17(22)20(18(23)15(6-2)24-14)10-16(21)19-13-9-7-8-11(3)12(13)4/h7-9,14-15H,5-6,10H2,1-4H3,(H,19,21)/t14-,15+. The van der Waals surface area contributed by atoms with E-state index in [-0.39, 0.29) is 34.8 Å². The van der Waals surface area contributed by atoms with Gasteiger partial charge in [0.1, 0.15) is 6.54 Å². The molecule has 0 spiro atoms. The van der Waals surface area contributed by atoms with Gasteiger partial charge in [-0.25, -0.2) is 0 Å². The zero-order valence-electron chi connectivity index (χ0n) is 14.6. The number of carbonyl (C=O) groups excluding carboxylic acids is 3. The van der Waals surface area contributed by atoms with Crippen LogP contribution in [-0.2, 0) is 14.4 Å². The van der Waals surface area contributed by atoms with Crippen molar-refractivity contribution in [2.75, 3.05) is 11.9 Å². The minimum absolute atomic E-state index is 0.224. The fourth-order valence-corrected chi connectivity index (χ4v) is 3.96. The Morgan fingerprint density at radius 2 is 1.71 bits per heavy atom. The molecule has 1 aromatic rings. The minimum atomic E-state index is -0.345. The third-order valence-corrected chi connectivity index (χ3v) is 6.06. The zero-order valence-corrected chi connectivity index (χ0v) is 15.4. The second-order valence-electron chi connectivity index (χ2n) is 5.99. The van der Waals surface area contributed by atoms with E-state index in [1.165, 1.54) is 11.8 Å². The van der Waals surface area contributed by atoms with Crippen molar-refractivity contribution in [2.45, 2.75) is 51.0 Å². The predicted molar refractivity (Wildman–Crippen MR) is 97.0 cm³/mol. The maximum atomic E-state index is 12.4. The van der Waals surface area contributed by atoms with Crippen molar-refractivity contribution in [3.8, 4) is 0 Å². The molecule has 1 heterocycles. The van der Waals surface area contributed by atoms with Crippen LogP contribution >= 0.6 is 11.8 Å². The molecule has 1 aliphatic rings. The number of amides is 3. The van der Waals surface area contributed by atoms with Crippen molar-refractivity contribution in [3.63, 3.8) is 0 Å². The summed E-state index contributed by atoms with van der Waals surface area (Å²) >= 11 is 1.41. The van der Waals surface area contributed by atoms with E-state index in [4.69, 9.17) is 0 Å². The minimum Gasteiger partial charge on any atom is -0.324 e. The molecule has 6 heteroatoms. The highest BCUT2D eigenvalue weighted by Gasteiger charge is 2.40. The van der Waals surface area contributed by atoms with Gasteiger partial charge in [0.25, 0.3) is 0 Å². The first-order valence-electron chi connectivity index (χ1n) is 8.25. The van der Waals surface area contributed by atoms with Crippen molar-refractivity contribution in [1.29, 1.82) is 0 Å². The van der Waals surface area contributed by atoms with Gasteiger partial charge in [0, 0.05) is 5.69 Å². The molecule has 3 amide bonds. The predicted octanol–water partition coefficient (Wildman–Crippen LogP) is 2.90. The molecule has 0 aromatic heterocycles. The summed E-state index contributed by atoms with van der Waals surface area (Å²) in [6.07, 6.45) is 1.31. The number of aryl methyl sites for hydroxylation is 1. The van der Waals surface area contributed by atoms with Gasteiger partial charge in [-0.05, 0) is 43.9 Å². The summed E-state index contributed by atoms with van der Waals surface area (Å²) in [7, 11) is 0. The Bertz CT molecular complexity index is 638. The smallest absolute Gasteiger partial charge is 0.244 e. The van der Waals surface area contributed by atoms with Crippen LogP contribution in [0.5, 0.6) is 0 Å². The fourth-order valence-electron chi connectivity index (χ4n) is 2.69. The highest BCUT2D eigenvalue weighted by Crippen LogP contribution is 2.31. The molecule has 130 valence electrons. The van der Waals surface area contributed by atoms with Crippen LogP contribution in [0.4, 0.5) is 5.69 Å². The third kappa shape index (κ3) is 3.80. The molecule has 1 N–H and O–H groups in total. The summed E-state index contributed by atoms with van der Waals surface area (Å²) in [5, 5.41) is 2.32. The lowest BCUT2D eigenvalue weighted by molar-refractivity contribution is -0.147. The quantitative estimate of drug-likeness (QED) is 0.831. The van der Waals surface area contributed by atoms with Crippen LogP contribution < -0.4 is 5.32 Å². The van der Waals surface area contributed by atoms with Gasteiger partial charge < -0.3 is 5.32 Å². The monoisotopic (exact) mass is 348 g/mol. The third-order valence-electron chi connectivity index (χ3n) is 4.33. The van der Waals surface area contributed by atoms with Crippen LogP contribution in [0.2, 0.25) is 0 Å². The van der Waals surface area contributed by atoms with Crippen molar-refractivity contribution in [2.24, 2.45) is 0 Å². The normalized spacial score (nSPS) is 21.1. The number of anilines is 1. The van der Waals surface area contributed by atoms with Crippen molar-refractivity contribution >= 4 is 35.2 Å². The number of imide groups is 1. The van der Waals surface area contributed by atoms with Crippen LogP contribution in [0.25, 0.3) is 0 Å². The van der Waals surface area contributed by atoms with E-state index in [9.17, 15) is 14.4 Å². The van der Waals surface area contributed by atoms with Gasteiger partial charge in [0.05, 0.1) is 10.5 Å². The van der Waals surface area contributed by atoms with Gasteiger partial charge in [0.2, 0.25) is 17.7 Å². The number of rotatable bonds is 5. The molecule has 5 nitrogen and oxygen atoms in total. The van der Waals surface area contributed by atoms with Crippen molar-refractivity contribution in [3.05, 3.63) is 29.3 Å². The van der Waals surface area contributed by atoms with E-state index >= 15 is 0 Å². The molecule has 2 rings (SSSR count). The highest BCUT2D eigenvalue weighted by molar-refractivity contribution is 8.02. The second-order valence-corrected chi connectivity index (χ2v) is 7.40. The Hall–Kier alpha value is -1.82. The lowest BCUT2D eigenvalue weighted by atomic mass is 10.1. The molecular formula is C18H24N2O3S. The van der Waals surface area contributed by atoms with Crippen LogP contribution in [0.3, 0.4) is 0 Å². The van der Waals surface area contributed by atoms with Gasteiger partial charge in [0.15, 0.2) is 0 Å². The van der Waals surface area contributed by atoms with Crippen LogP contribution in [0.1, 0.15) is 37.8 Å². The topological polar surface area (TPSA) is 66.5 Å². The molecule has 2 atom stereocenters. The lowest BCUT2D eigenvalue weighted by Gasteiger charge is -2.34. The van der Waals surface area contributed by atoms with Crippen LogP contribution in [-0.4, -0.2) is 39.7 Å². The van der Waals surface area contributed by atoms with Gasteiger partial charge >= 0.3 is 0 Å². The van der Waals surface area contributed by atoms with E-state index in [1.807, 2.05) is 45.9 Å². The molecule has 0 radical (unpaired) electrons. The largest absolute Gasteiger partial charge is 0.324 e. The van der Waals surface area contributed by atoms with Gasteiger partial charge in [-0.1, -0.05) is 26.0 Å². The maximum Gasteiger partial charge on any atom is 0.244 e. The van der Waals surface area contributed by atoms with E-state index in [0.29, 0.717) is 18.5 Å². The van der Waals surface area contributed by atoms with E-state index in [0.717, 1.165) is 16.0 Å². The average molecular weight is 348 g/mol. The summed E-state index contributed by atoms with van der Waals surface area (Å²) in [4.78, 5) is 38.4. The molecular weight excluding hydrogens is 324 g/mol. The molecule has 0 bridgehead atoms. The van der Waals surface area contributed by atoms with Gasteiger partial charge in [-0.15, -0.1) is 11.8 Å². The number of hydrogen-bond donors (Lipinski definition) is 1. The highest BCUT2D eigenvalue weighted by atomic mass is 32.2. The Morgan fingerprint density at radius 3 is 2.25 bits per heavy atom. The van der Waals surface area contributed by atoms with Gasteiger partial charge in [-0.3, -0.25) is 19.3 Å². The molecule has 0 aliphatic carbocycles. The Kier molecular flexibility index (Phi) is 6.04. The van der Waals surface area contributed by atoms with Crippen LogP contribution in [0, 0.1) is 13.8 Å². The second kappa shape index (κ2) is 7.83. The molecule has 1 aromatic carbocycles. The number of benzene rings is 1. The first kappa shape index (κ1) is 18.5. The number of carbonyl (C=O) groups is 3. The zero-order chi connectivity index (χ0) is 17.9. The summed E-state index contributed by atoms with van der Waals surface area (Å²) in [6.45, 7) is 7.52. The molecule has 0 unspecified atom stereocenters. The molecule has 0 saturated carbocycles. The molecule has 1 fully saturated rings. The Labute approximate surface area is 147 Å². The fraction of sp³-hybridized carbons (Fsp3) is 0.500. The Balaban J connectivity index is 2.12. The molecule has 24 heavy (non-hydrogen) atoms. The summed E-state index contributed by atoms with van der Waals surface area (Å²) in [5.41, 5.74) is 2.77. The molecule has 1 aliphatic heterocycles. The van der Waals surface area contributed by atoms with Crippen LogP contribution in [0.15, 0.2) is 18.2 Å². The van der Waals surface area contributed by atoms with E-state index < -0.39 is 0 Å². The van der Waals surface area contributed by atoms with E-state index in [1.54, 1.807) is 0 Å². The molecule has 1 saturated heterocycles. The Morgan fingerprint density at radius 1 is 1.12 bits per heavy atom. The van der Waals surface area contributed by atoms with Crippen molar-refractivity contribution < 1.29 is 14.4 Å². The first-order chi connectivity index (χ1) is 11.4.